The highest BCUT2D eigenvalue weighted by molar-refractivity contribution is 5.96. The van der Waals surface area contributed by atoms with E-state index in [1.54, 1.807) is 35.4 Å². The van der Waals surface area contributed by atoms with Crippen molar-refractivity contribution in [3.63, 3.8) is 0 Å². The maximum Gasteiger partial charge on any atom is 0.349 e. The molecule has 1 amide bonds. The lowest BCUT2D eigenvalue weighted by Gasteiger charge is -2.37. The van der Waals surface area contributed by atoms with Crippen molar-refractivity contribution in [1.82, 2.24) is 9.88 Å². The number of piperidine rings is 1. The van der Waals surface area contributed by atoms with Crippen LogP contribution in [0.2, 0.25) is 0 Å². The third kappa shape index (κ3) is 3.24. The van der Waals surface area contributed by atoms with E-state index in [2.05, 4.69) is 4.98 Å². The number of hydrogen-bond acceptors (Lipinski definition) is 5. The SMILES string of the molecule is Cc1ccc(C2(O)CCN(C(=O)c3cc4ccccc4oc3=O)CC2)nc1. The molecule has 1 saturated heterocycles. The van der Waals surface area contributed by atoms with Crippen molar-refractivity contribution in [3.05, 3.63) is 75.9 Å². The van der Waals surface area contributed by atoms with E-state index in [4.69, 9.17) is 4.42 Å². The van der Waals surface area contributed by atoms with Gasteiger partial charge in [0, 0.05) is 24.7 Å². The van der Waals surface area contributed by atoms with Crippen LogP contribution in [0.1, 0.15) is 34.5 Å². The number of rotatable bonds is 2. The van der Waals surface area contributed by atoms with Gasteiger partial charge in [0.2, 0.25) is 0 Å². The Balaban J connectivity index is 1.54. The van der Waals surface area contributed by atoms with E-state index in [0.29, 0.717) is 42.6 Å². The number of aromatic nitrogens is 1. The van der Waals surface area contributed by atoms with Crippen molar-refractivity contribution < 1.29 is 14.3 Å². The summed E-state index contributed by atoms with van der Waals surface area (Å²) in [6.45, 7) is 2.63. The molecule has 4 rings (SSSR count). The summed E-state index contributed by atoms with van der Waals surface area (Å²) >= 11 is 0. The summed E-state index contributed by atoms with van der Waals surface area (Å²) in [5, 5.41) is 11.6. The van der Waals surface area contributed by atoms with Gasteiger partial charge < -0.3 is 14.4 Å². The molecule has 1 aromatic carbocycles. The fourth-order valence-electron chi connectivity index (χ4n) is 3.46. The lowest BCUT2D eigenvalue weighted by molar-refractivity contribution is -0.0244. The lowest BCUT2D eigenvalue weighted by Crippen LogP contribution is -2.46. The number of carbonyl (C=O) groups excluding carboxylic acids is 1. The van der Waals surface area contributed by atoms with Crippen LogP contribution in [-0.4, -0.2) is 34.0 Å². The fourth-order valence-corrected chi connectivity index (χ4v) is 3.46. The van der Waals surface area contributed by atoms with Crippen LogP contribution < -0.4 is 5.63 Å². The number of amides is 1. The first-order valence-corrected chi connectivity index (χ1v) is 8.94. The summed E-state index contributed by atoms with van der Waals surface area (Å²) in [5.41, 5.74) is 0.423. The second-order valence-electron chi connectivity index (χ2n) is 7.03. The third-order valence-electron chi connectivity index (χ3n) is 5.14. The van der Waals surface area contributed by atoms with Gasteiger partial charge >= 0.3 is 5.63 Å². The van der Waals surface area contributed by atoms with Crippen LogP contribution in [0.4, 0.5) is 0 Å². The van der Waals surface area contributed by atoms with Gasteiger partial charge in [-0.2, -0.15) is 0 Å². The number of likely N-dealkylation sites (tertiary alicyclic amines) is 1. The summed E-state index contributed by atoms with van der Waals surface area (Å²) in [6, 6.07) is 12.4. The second-order valence-corrected chi connectivity index (χ2v) is 7.03. The highest BCUT2D eigenvalue weighted by atomic mass is 16.4. The first kappa shape index (κ1) is 17.4. The van der Waals surface area contributed by atoms with E-state index < -0.39 is 11.2 Å². The highest BCUT2D eigenvalue weighted by Crippen LogP contribution is 2.32. The molecule has 2 aromatic heterocycles. The molecule has 138 valence electrons. The minimum absolute atomic E-state index is 0.0209. The zero-order chi connectivity index (χ0) is 19.0. The summed E-state index contributed by atoms with van der Waals surface area (Å²) in [6.07, 6.45) is 2.46. The summed E-state index contributed by atoms with van der Waals surface area (Å²) in [7, 11) is 0. The van der Waals surface area contributed by atoms with E-state index >= 15 is 0 Å². The van der Waals surface area contributed by atoms with E-state index in [1.807, 2.05) is 25.1 Å². The standard InChI is InChI=1S/C21H20N2O4/c1-14-6-7-18(22-13-14)21(26)8-10-23(11-9-21)19(24)16-12-15-4-2-3-5-17(15)27-20(16)25/h2-7,12-13,26H,8-11H2,1H3. The molecule has 3 heterocycles. The van der Waals surface area contributed by atoms with Gasteiger partial charge in [-0.05, 0) is 43.5 Å². The molecule has 6 heteroatoms. The lowest BCUT2D eigenvalue weighted by atomic mass is 9.87. The Hall–Kier alpha value is -2.99. The number of hydrogen-bond donors (Lipinski definition) is 1. The summed E-state index contributed by atoms with van der Waals surface area (Å²) in [5.74, 6) is -0.367. The van der Waals surface area contributed by atoms with Gasteiger partial charge in [0.15, 0.2) is 0 Å². The number of pyridine rings is 1. The maximum absolute atomic E-state index is 12.8. The Bertz CT molecular complexity index is 1050. The van der Waals surface area contributed by atoms with E-state index in [1.165, 1.54) is 0 Å². The van der Waals surface area contributed by atoms with Gasteiger partial charge in [-0.25, -0.2) is 4.79 Å². The normalized spacial score (nSPS) is 16.4. The largest absolute Gasteiger partial charge is 0.422 e. The van der Waals surface area contributed by atoms with Crippen LogP contribution in [0, 0.1) is 6.92 Å². The number of carbonyl (C=O) groups is 1. The molecule has 1 aliphatic rings. The van der Waals surface area contributed by atoms with Crippen molar-refractivity contribution >= 4 is 16.9 Å². The number of para-hydroxylation sites is 1. The maximum atomic E-state index is 12.8. The molecule has 0 saturated carbocycles. The second kappa shape index (κ2) is 6.63. The minimum Gasteiger partial charge on any atom is -0.422 e. The molecule has 0 atom stereocenters. The van der Waals surface area contributed by atoms with Crippen LogP contribution in [0.5, 0.6) is 0 Å². The molecule has 1 aliphatic heterocycles. The Morgan fingerprint density at radius 2 is 1.93 bits per heavy atom. The molecule has 0 bridgehead atoms. The van der Waals surface area contributed by atoms with Crippen LogP contribution in [0.15, 0.2) is 57.9 Å². The molecule has 3 aromatic rings. The minimum atomic E-state index is -1.06. The third-order valence-corrected chi connectivity index (χ3v) is 5.14. The molecule has 0 radical (unpaired) electrons. The summed E-state index contributed by atoms with van der Waals surface area (Å²) in [4.78, 5) is 31.0. The first-order chi connectivity index (χ1) is 13.0. The van der Waals surface area contributed by atoms with Crippen LogP contribution in [0.25, 0.3) is 11.0 Å². The van der Waals surface area contributed by atoms with Gasteiger partial charge in [-0.1, -0.05) is 24.3 Å². The topological polar surface area (TPSA) is 83.6 Å². The van der Waals surface area contributed by atoms with Gasteiger partial charge in [-0.15, -0.1) is 0 Å². The molecule has 0 spiro atoms. The summed E-state index contributed by atoms with van der Waals surface area (Å²) < 4.78 is 5.26. The van der Waals surface area contributed by atoms with Crippen molar-refractivity contribution in [2.45, 2.75) is 25.4 Å². The zero-order valence-electron chi connectivity index (χ0n) is 15.0. The Morgan fingerprint density at radius 3 is 2.63 bits per heavy atom. The predicted octanol–water partition coefficient (Wildman–Crippen LogP) is 2.62. The number of aryl methyl sites for hydroxylation is 1. The van der Waals surface area contributed by atoms with Gasteiger partial charge in [-0.3, -0.25) is 9.78 Å². The molecule has 27 heavy (non-hydrogen) atoms. The molecular formula is C21H20N2O4. The van der Waals surface area contributed by atoms with Crippen molar-refractivity contribution in [1.29, 1.82) is 0 Å². The first-order valence-electron chi connectivity index (χ1n) is 8.94. The molecule has 0 unspecified atom stereocenters. The van der Waals surface area contributed by atoms with Crippen LogP contribution in [-0.2, 0) is 5.60 Å². The number of fused-ring (bicyclic) bond motifs is 1. The molecule has 1 N–H and O–H groups in total. The van der Waals surface area contributed by atoms with Crippen LogP contribution >= 0.6 is 0 Å². The number of benzene rings is 1. The molecule has 0 aliphatic carbocycles. The van der Waals surface area contributed by atoms with Gasteiger partial charge in [0.05, 0.1) is 5.69 Å². The number of aliphatic hydroxyl groups is 1. The monoisotopic (exact) mass is 364 g/mol. The van der Waals surface area contributed by atoms with E-state index in [-0.39, 0.29) is 11.5 Å². The zero-order valence-corrected chi connectivity index (χ0v) is 15.0. The highest BCUT2D eigenvalue weighted by Gasteiger charge is 2.37. The Morgan fingerprint density at radius 1 is 1.19 bits per heavy atom. The van der Waals surface area contributed by atoms with Crippen molar-refractivity contribution in [3.8, 4) is 0 Å². The molecule has 6 nitrogen and oxygen atoms in total. The van der Waals surface area contributed by atoms with Gasteiger partial charge in [0.25, 0.3) is 5.91 Å². The number of nitrogens with zero attached hydrogens (tertiary/aromatic N) is 2. The average Bonchev–Trinajstić information content (AvgIpc) is 2.68. The van der Waals surface area contributed by atoms with Crippen molar-refractivity contribution in [2.75, 3.05) is 13.1 Å². The van der Waals surface area contributed by atoms with Crippen molar-refractivity contribution in [2.24, 2.45) is 0 Å². The Kier molecular flexibility index (Phi) is 4.28. The Labute approximate surface area is 156 Å². The van der Waals surface area contributed by atoms with E-state index in [9.17, 15) is 14.7 Å². The smallest absolute Gasteiger partial charge is 0.349 e. The average molecular weight is 364 g/mol. The fraction of sp³-hybridized carbons (Fsp3) is 0.286. The van der Waals surface area contributed by atoms with Gasteiger partial charge in [0.1, 0.15) is 16.7 Å². The van der Waals surface area contributed by atoms with E-state index in [0.717, 1.165) is 5.56 Å². The molecule has 1 fully saturated rings. The predicted molar refractivity (Wildman–Crippen MR) is 100 cm³/mol. The quantitative estimate of drug-likeness (QED) is 0.707. The van der Waals surface area contributed by atoms with Crippen LogP contribution in [0.3, 0.4) is 0 Å². The molecular weight excluding hydrogens is 344 g/mol.